The van der Waals surface area contributed by atoms with Crippen molar-refractivity contribution in [1.29, 1.82) is 0 Å². The molecule has 0 saturated carbocycles. The minimum absolute atomic E-state index is 0.698. The van der Waals surface area contributed by atoms with E-state index in [4.69, 9.17) is 10.4 Å². The molecule has 3 N–H and O–H groups in total. The van der Waals surface area contributed by atoms with Gasteiger partial charge < -0.3 is 4.84 Å². The molecule has 0 aliphatic carbocycles. The smallest absolute Gasteiger partial charge is 0.261 e. The summed E-state index contributed by atoms with van der Waals surface area (Å²) in [4.78, 5) is 4.57. The first-order chi connectivity index (χ1) is 6.74. The van der Waals surface area contributed by atoms with Gasteiger partial charge >= 0.3 is 0 Å². The van der Waals surface area contributed by atoms with Crippen LogP contribution in [-0.2, 0) is 10.1 Å². The first-order valence-electron chi connectivity index (χ1n) is 3.48. The molecule has 1 aromatic carbocycles. The zero-order chi connectivity index (χ0) is 12.1. The first kappa shape index (κ1) is 15.1. The quantitative estimate of drug-likeness (QED) is 0.419. The topological polar surface area (TPSA) is 89.6 Å². The van der Waals surface area contributed by atoms with Gasteiger partial charge in [0.1, 0.15) is 0 Å². The van der Waals surface area contributed by atoms with Gasteiger partial charge in [0, 0.05) is 4.47 Å². The van der Waals surface area contributed by atoms with E-state index in [2.05, 4.69) is 43.4 Å². The van der Waals surface area contributed by atoms with Crippen LogP contribution in [0, 0.1) is 3.57 Å². The van der Waals surface area contributed by atoms with Gasteiger partial charge in [-0.15, -0.1) is 0 Å². The number of hydrogen-bond acceptors (Lipinski definition) is 4. The molecule has 0 aliphatic rings. The van der Waals surface area contributed by atoms with Crippen molar-refractivity contribution >= 4 is 48.6 Å². The lowest BCUT2D eigenvalue weighted by Gasteiger charge is -2.00. The van der Waals surface area contributed by atoms with E-state index in [1.807, 2.05) is 18.2 Å². The van der Waals surface area contributed by atoms with Gasteiger partial charge in [0.15, 0.2) is 5.75 Å². The van der Waals surface area contributed by atoms with Crippen molar-refractivity contribution in [2.45, 2.75) is 0 Å². The Morgan fingerprint density at radius 1 is 1.53 bits per heavy atom. The van der Waals surface area contributed by atoms with Crippen LogP contribution in [0.25, 0.3) is 0 Å². The third kappa shape index (κ3) is 9.05. The Hall–Kier alpha value is 0.1000. The first-order valence-corrected chi connectivity index (χ1v) is 7.20. The molecule has 8 heteroatoms. The SMILES string of the molecule is CS(=O)(=O)O.NOc1ccc(Br)cc1I. The van der Waals surface area contributed by atoms with Gasteiger partial charge in [-0.25, -0.2) is 0 Å². The Kier molecular flexibility index (Phi) is 6.68. The van der Waals surface area contributed by atoms with Crippen LogP contribution in [0.3, 0.4) is 0 Å². The predicted molar refractivity (Wildman–Crippen MR) is 69.1 cm³/mol. The maximum absolute atomic E-state index is 9.19. The molecule has 0 radical (unpaired) electrons. The lowest BCUT2D eigenvalue weighted by molar-refractivity contribution is 0.332. The van der Waals surface area contributed by atoms with Gasteiger partial charge in [-0.3, -0.25) is 4.55 Å². The third-order valence-electron chi connectivity index (χ3n) is 1.02. The maximum atomic E-state index is 9.19. The summed E-state index contributed by atoms with van der Waals surface area (Å²) in [6.07, 6.45) is 0.715. The minimum Gasteiger partial charge on any atom is -0.410 e. The highest BCUT2D eigenvalue weighted by Crippen LogP contribution is 2.23. The Balaban J connectivity index is 0.000000336. The fraction of sp³-hybridized carbons (Fsp3) is 0.143. The molecule has 1 rings (SSSR count). The highest BCUT2D eigenvalue weighted by atomic mass is 127. The molecule has 5 nitrogen and oxygen atoms in total. The molecular formula is C7H9BrINO4S. The van der Waals surface area contributed by atoms with Crippen molar-refractivity contribution < 1.29 is 17.8 Å². The van der Waals surface area contributed by atoms with Gasteiger partial charge in [0.05, 0.1) is 9.83 Å². The second kappa shape index (κ2) is 6.63. The summed E-state index contributed by atoms with van der Waals surface area (Å²) in [5.74, 6) is 5.68. The van der Waals surface area contributed by atoms with Gasteiger partial charge in [0.25, 0.3) is 10.1 Å². The average Bonchev–Trinajstić information content (AvgIpc) is 2.01. The van der Waals surface area contributed by atoms with E-state index < -0.39 is 10.1 Å². The minimum atomic E-state index is -3.67. The van der Waals surface area contributed by atoms with Crippen LogP contribution in [0.15, 0.2) is 22.7 Å². The van der Waals surface area contributed by atoms with Crippen LogP contribution in [0.2, 0.25) is 0 Å². The lowest BCUT2D eigenvalue weighted by atomic mass is 10.3. The van der Waals surface area contributed by atoms with Crippen molar-refractivity contribution in [3.8, 4) is 5.75 Å². The molecule has 0 fully saturated rings. The second-order valence-electron chi connectivity index (χ2n) is 2.43. The molecule has 0 saturated heterocycles. The van der Waals surface area contributed by atoms with E-state index in [9.17, 15) is 8.42 Å². The summed E-state index contributed by atoms with van der Waals surface area (Å²) >= 11 is 5.48. The summed E-state index contributed by atoms with van der Waals surface area (Å²) in [7, 11) is -3.67. The monoisotopic (exact) mass is 409 g/mol. The number of nitrogens with two attached hydrogens (primary N) is 1. The molecule has 0 aromatic heterocycles. The van der Waals surface area contributed by atoms with Crippen LogP contribution in [-0.4, -0.2) is 19.2 Å². The van der Waals surface area contributed by atoms with E-state index in [-0.39, 0.29) is 0 Å². The van der Waals surface area contributed by atoms with Crippen molar-refractivity contribution in [3.05, 3.63) is 26.2 Å². The lowest BCUT2D eigenvalue weighted by Crippen LogP contribution is -2.02. The molecule has 86 valence electrons. The molecule has 15 heavy (non-hydrogen) atoms. The van der Waals surface area contributed by atoms with Crippen molar-refractivity contribution in [2.24, 2.45) is 5.90 Å². The second-order valence-corrected chi connectivity index (χ2v) is 5.97. The van der Waals surface area contributed by atoms with E-state index in [0.29, 0.717) is 12.0 Å². The van der Waals surface area contributed by atoms with E-state index in [1.165, 1.54) is 0 Å². The number of halogens is 2. The van der Waals surface area contributed by atoms with Crippen LogP contribution in [0.4, 0.5) is 0 Å². The van der Waals surface area contributed by atoms with Crippen molar-refractivity contribution in [3.63, 3.8) is 0 Å². The van der Waals surface area contributed by atoms with E-state index >= 15 is 0 Å². The summed E-state index contributed by atoms with van der Waals surface area (Å²) < 4.78 is 27.9. The summed E-state index contributed by atoms with van der Waals surface area (Å²) in [6, 6.07) is 5.62. The maximum Gasteiger partial charge on any atom is 0.261 e. The predicted octanol–water partition coefficient (Wildman–Crippen LogP) is 1.81. The Labute approximate surface area is 110 Å². The molecule has 0 bridgehead atoms. The normalized spacial score (nSPS) is 10.2. The number of benzene rings is 1. The molecule has 0 amide bonds. The fourth-order valence-corrected chi connectivity index (χ4v) is 2.00. The van der Waals surface area contributed by atoms with Crippen molar-refractivity contribution in [2.75, 3.05) is 6.26 Å². The van der Waals surface area contributed by atoms with Crippen molar-refractivity contribution in [1.82, 2.24) is 0 Å². The molecule has 0 heterocycles. The zero-order valence-electron chi connectivity index (χ0n) is 7.65. The zero-order valence-corrected chi connectivity index (χ0v) is 12.2. The van der Waals surface area contributed by atoms with Crippen LogP contribution >= 0.6 is 38.5 Å². The summed E-state index contributed by atoms with van der Waals surface area (Å²) in [5, 5.41) is 0. The standard InChI is InChI=1S/C6H5BrINO.CH4O3S/c7-4-1-2-6(10-9)5(8)3-4;1-5(2,3)4/h1-3H,9H2;1H3,(H,2,3,4). The summed E-state index contributed by atoms with van der Waals surface area (Å²) in [5.41, 5.74) is 0. The summed E-state index contributed by atoms with van der Waals surface area (Å²) in [6.45, 7) is 0. The third-order valence-corrected chi connectivity index (χ3v) is 2.36. The highest BCUT2D eigenvalue weighted by molar-refractivity contribution is 14.1. The molecular weight excluding hydrogens is 401 g/mol. The van der Waals surface area contributed by atoms with E-state index in [0.717, 1.165) is 8.04 Å². The Bertz CT molecular complexity index is 415. The van der Waals surface area contributed by atoms with Crippen LogP contribution in [0.5, 0.6) is 5.75 Å². The van der Waals surface area contributed by atoms with Gasteiger partial charge in [0.2, 0.25) is 0 Å². The Morgan fingerprint density at radius 2 is 2.00 bits per heavy atom. The van der Waals surface area contributed by atoms with Crippen LogP contribution < -0.4 is 10.7 Å². The van der Waals surface area contributed by atoms with E-state index in [1.54, 1.807) is 0 Å². The largest absolute Gasteiger partial charge is 0.410 e. The van der Waals surface area contributed by atoms with Gasteiger partial charge in [-0.2, -0.15) is 14.3 Å². The molecule has 0 atom stereocenters. The van der Waals surface area contributed by atoms with Crippen LogP contribution in [0.1, 0.15) is 0 Å². The number of rotatable bonds is 1. The highest BCUT2D eigenvalue weighted by Gasteiger charge is 1.98. The average molecular weight is 410 g/mol. The fourth-order valence-electron chi connectivity index (χ4n) is 0.571. The van der Waals surface area contributed by atoms with Gasteiger partial charge in [-0.05, 0) is 40.8 Å². The molecule has 0 aliphatic heterocycles. The van der Waals surface area contributed by atoms with Gasteiger partial charge in [-0.1, -0.05) is 15.9 Å². The molecule has 0 spiro atoms. The Morgan fingerprint density at radius 3 is 2.33 bits per heavy atom. The molecule has 0 unspecified atom stereocenters. The molecule has 1 aromatic rings. The number of hydrogen-bond donors (Lipinski definition) is 2.